The maximum Gasteiger partial charge on any atom is 0.243 e. The maximum absolute atomic E-state index is 12.6. The van der Waals surface area contributed by atoms with Gasteiger partial charge in [0.1, 0.15) is 0 Å². The van der Waals surface area contributed by atoms with Gasteiger partial charge in [-0.1, -0.05) is 12.1 Å². The Morgan fingerprint density at radius 2 is 1.77 bits per heavy atom. The van der Waals surface area contributed by atoms with Crippen molar-refractivity contribution in [2.75, 3.05) is 46.4 Å². The van der Waals surface area contributed by atoms with Crippen molar-refractivity contribution in [2.24, 2.45) is 4.99 Å². The second-order valence-corrected chi connectivity index (χ2v) is 9.83. The second-order valence-electron chi connectivity index (χ2n) is 7.83. The fourth-order valence-corrected chi connectivity index (χ4v) is 4.48. The van der Waals surface area contributed by atoms with Gasteiger partial charge in [-0.05, 0) is 45.4 Å². The third-order valence-corrected chi connectivity index (χ3v) is 7.37. The van der Waals surface area contributed by atoms with Crippen molar-refractivity contribution < 1.29 is 13.2 Å². The maximum atomic E-state index is 12.6. The normalized spacial score (nSPS) is 16.8. The molecular formula is C21H38IN5O3S. The number of nitrogens with one attached hydrogen (secondary N) is 2. The van der Waals surface area contributed by atoms with E-state index < -0.39 is 10.0 Å². The van der Waals surface area contributed by atoms with E-state index in [0.29, 0.717) is 17.5 Å². The fraction of sp³-hybridized carbons (Fsp3) is 0.667. The molecule has 31 heavy (non-hydrogen) atoms. The molecule has 0 aromatic heterocycles. The van der Waals surface area contributed by atoms with Crippen LogP contribution >= 0.6 is 24.0 Å². The number of hydrogen-bond acceptors (Lipinski definition) is 5. The predicted octanol–water partition coefficient (Wildman–Crippen LogP) is 2.11. The van der Waals surface area contributed by atoms with Crippen molar-refractivity contribution in [3.63, 3.8) is 0 Å². The van der Waals surface area contributed by atoms with Crippen LogP contribution in [0.3, 0.4) is 0 Å². The van der Waals surface area contributed by atoms with Crippen LogP contribution in [0.25, 0.3) is 0 Å². The fourth-order valence-electron chi connectivity index (χ4n) is 3.11. The lowest BCUT2D eigenvalue weighted by Crippen LogP contribution is -2.49. The predicted molar refractivity (Wildman–Crippen MR) is 137 cm³/mol. The summed E-state index contributed by atoms with van der Waals surface area (Å²) in [7, 11) is -1.86. The molecule has 0 spiro atoms. The van der Waals surface area contributed by atoms with Gasteiger partial charge in [-0.2, -0.15) is 4.31 Å². The monoisotopic (exact) mass is 567 g/mol. The molecule has 0 radical (unpaired) electrons. The second kappa shape index (κ2) is 13.6. The molecule has 0 aliphatic carbocycles. The standard InChI is InChI=1S/C21H37N5O3S.HI/c1-6-22-21(23-15-18(4)26-11-13-29-14-12-26)24-16-19-7-9-20(10-8-19)30(27,28)25(5)17(2)3;/h7-10,17-18H,6,11-16H2,1-5H3,(H2,22,23,24);1H. The lowest BCUT2D eigenvalue weighted by atomic mass is 10.2. The summed E-state index contributed by atoms with van der Waals surface area (Å²) in [6, 6.07) is 7.25. The van der Waals surface area contributed by atoms with E-state index in [1.54, 1.807) is 19.2 Å². The molecule has 2 N–H and O–H groups in total. The highest BCUT2D eigenvalue weighted by atomic mass is 127. The Morgan fingerprint density at radius 1 is 1.16 bits per heavy atom. The number of benzene rings is 1. The summed E-state index contributed by atoms with van der Waals surface area (Å²) in [5.74, 6) is 0.758. The van der Waals surface area contributed by atoms with Crippen molar-refractivity contribution in [3.05, 3.63) is 29.8 Å². The molecule has 0 bridgehead atoms. The van der Waals surface area contributed by atoms with Crippen LogP contribution in [0.4, 0.5) is 0 Å². The van der Waals surface area contributed by atoms with Gasteiger partial charge in [-0.15, -0.1) is 24.0 Å². The number of sulfonamides is 1. The SMILES string of the molecule is CCNC(=NCc1ccc(S(=O)(=O)N(C)C(C)C)cc1)NCC(C)N1CCOCC1.I. The van der Waals surface area contributed by atoms with E-state index in [-0.39, 0.29) is 30.0 Å². The highest BCUT2D eigenvalue weighted by Crippen LogP contribution is 2.17. The number of halogens is 1. The van der Waals surface area contributed by atoms with Gasteiger partial charge in [-0.25, -0.2) is 13.4 Å². The topological polar surface area (TPSA) is 86.3 Å². The van der Waals surface area contributed by atoms with Crippen LogP contribution in [0.5, 0.6) is 0 Å². The summed E-state index contributed by atoms with van der Waals surface area (Å²) < 4.78 is 32.0. The lowest BCUT2D eigenvalue weighted by molar-refractivity contribution is 0.0211. The first-order valence-electron chi connectivity index (χ1n) is 10.7. The molecule has 1 aromatic rings. The molecular weight excluding hydrogens is 529 g/mol. The average Bonchev–Trinajstić information content (AvgIpc) is 2.75. The number of guanidine groups is 1. The van der Waals surface area contributed by atoms with Gasteiger partial charge in [-0.3, -0.25) is 4.90 Å². The molecule has 2 rings (SSSR count). The van der Waals surface area contributed by atoms with Crippen molar-refractivity contribution in [2.45, 2.75) is 51.2 Å². The molecule has 8 nitrogen and oxygen atoms in total. The first-order valence-corrected chi connectivity index (χ1v) is 12.1. The molecule has 1 atom stereocenters. The molecule has 10 heteroatoms. The quantitative estimate of drug-likeness (QED) is 0.270. The molecule has 1 fully saturated rings. The molecule has 0 saturated carbocycles. The summed E-state index contributed by atoms with van der Waals surface area (Å²) in [6.07, 6.45) is 0. The zero-order chi connectivity index (χ0) is 22.1. The summed E-state index contributed by atoms with van der Waals surface area (Å²) in [4.78, 5) is 7.36. The summed E-state index contributed by atoms with van der Waals surface area (Å²) >= 11 is 0. The molecule has 0 amide bonds. The van der Waals surface area contributed by atoms with E-state index in [0.717, 1.165) is 50.9 Å². The third-order valence-electron chi connectivity index (χ3n) is 5.33. The Labute approximate surface area is 204 Å². The van der Waals surface area contributed by atoms with Crippen molar-refractivity contribution in [1.29, 1.82) is 0 Å². The van der Waals surface area contributed by atoms with Crippen molar-refractivity contribution in [3.8, 4) is 0 Å². The molecule has 1 aliphatic rings. The zero-order valence-corrected chi connectivity index (χ0v) is 22.4. The van der Waals surface area contributed by atoms with E-state index in [9.17, 15) is 8.42 Å². The van der Waals surface area contributed by atoms with Crippen molar-refractivity contribution >= 4 is 40.0 Å². The Kier molecular flexibility index (Phi) is 12.3. The van der Waals surface area contributed by atoms with Gasteiger partial charge in [0.15, 0.2) is 5.96 Å². The van der Waals surface area contributed by atoms with Crippen LogP contribution in [0.1, 0.15) is 33.3 Å². The molecule has 1 aromatic carbocycles. The van der Waals surface area contributed by atoms with Gasteiger partial charge in [0.2, 0.25) is 10.0 Å². The van der Waals surface area contributed by atoms with Crippen LogP contribution in [0, 0.1) is 0 Å². The van der Waals surface area contributed by atoms with Crippen LogP contribution in [-0.4, -0.2) is 82.1 Å². The number of rotatable bonds is 9. The van der Waals surface area contributed by atoms with Gasteiger partial charge in [0, 0.05) is 45.3 Å². The van der Waals surface area contributed by atoms with E-state index in [1.165, 1.54) is 4.31 Å². The Morgan fingerprint density at radius 3 is 2.32 bits per heavy atom. The minimum atomic E-state index is -3.46. The molecule has 1 heterocycles. The van der Waals surface area contributed by atoms with Crippen LogP contribution in [-0.2, 0) is 21.3 Å². The zero-order valence-electron chi connectivity index (χ0n) is 19.3. The third kappa shape index (κ3) is 8.49. The van der Waals surface area contributed by atoms with Gasteiger partial charge < -0.3 is 15.4 Å². The Hall–Kier alpha value is -0.950. The Balaban J connectivity index is 0.00000480. The largest absolute Gasteiger partial charge is 0.379 e. The van der Waals surface area contributed by atoms with E-state index in [4.69, 9.17) is 4.74 Å². The molecule has 1 unspecified atom stereocenters. The summed E-state index contributed by atoms with van der Waals surface area (Å²) in [6.45, 7) is 13.5. The molecule has 1 saturated heterocycles. The first kappa shape index (κ1) is 28.1. The van der Waals surface area contributed by atoms with Crippen molar-refractivity contribution in [1.82, 2.24) is 19.8 Å². The summed E-state index contributed by atoms with van der Waals surface area (Å²) in [5.41, 5.74) is 0.958. The number of aliphatic imine (C=N–C) groups is 1. The first-order chi connectivity index (χ1) is 14.3. The van der Waals surface area contributed by atoms with Crippen LogP contribution < -0.4 is 10.6 Å². The Bertz CT molecular complexity index is 781. The smallest absolute Gasteiger partial charge is 0.243 e. The lowest BCUT2D eigenvalue weighted by Gasteiger charge is -2.32. The highest BCUT2D eigenvalue weighted by Gasteiger charge is 2.22. The number of hydrogen-bond donors (Lipinski definition) is 2. The van der Waals surface area contributed by atoms with E-state index in [1.807, 2.05) is 32.9 Å². The van der Waals surface area contributed by atoms with Gasteiger partial charge in [0.05, 0.1) is 24.7 Å². The minimum Gasteiger partial charge on any atom is -0.379 e. The minimum absolute atomic E-state index is 0. The number of nitrogens with zero attached hydrogens (tertiary/aromatic N) is 3. The summed E-state index contributed by atoms with van der Waals surface area (Å²) in [5, 5.41) is 6.67. The number of morpholine rings is 1. The van der Waals surface area contributed by atoms with E-state index in [2.05, 4.69) is 27.4 Å². The van der Waals surface area contributed by atoms with Gasteiger partial charge >= 0.3 is 0 Å². The van der Waals surface area contributed by atoms with Crippen LogP contribution in [0.2, 0.25) is 0 Å². The van der Waals surface area contributed by atoms with Crippen LogP contribution in [0.15, 0.2) is 34.2 Å². The van der Waals surface area contributed by atoms with Gasteiger partial charge in [0.25, 0.3) is 0 Å². The van der Waals surface area contributed by atoms with E-state index >= 15 is 0 Å². The highest BCUT2D eigenvalue weighted by molar-refractivity contribution is 14.0. The molecule has 1 aliphatic heterocycles. The average molecular weight is 568 g/mol. The number of ether oxygens (including phenoxy) is 1. The molecule has 178 valence electrons.